The van der Waals surface area contributed by atoms with Crippen molar-refractivity contribution in [2.75, 3.05) is 0 Å². The molecular weight excluding hydrogens is 272 g/mol. The molecule has 1 N–H and O–H groups in total. The van der Waals surface area contributed by atoms with Crippen LogP contribution >= 0.6 is 0 Å². The number of fused-ring (bicyclic) bond motifs is 1. The highest BCUT2D eigenvalue weighted by Gasteiger charge is 2.08. The van der Waals surface area contributed by atoms with Crippen LogP contribution in [-0.2, 0) is 0 Å². The molecule has 0 bridgehead atoms. The molecule has 0 aliphatic heterocycles. The molecule has 3 heteroatoms. The zero-order valence-electron chi connectivity index (χ0n) is 13.2. The summed E-state index contributed by atoms with van der Waals surface area (Å²) in [5, 5.41) is 11.2. The molecule has 2 rings (SSSR count). The van der Waals surface area contributed by atoms with Gasteiger partial charge in [0.1, 0.15) is 11.3 Å². The van der Waals surface area contributed by atoms with Gasteiger partial charge < -0.3 is 5.11 Å². The quantitative estimate of drug-likeness (QED) is 0.654. The normalized spacial score (nSPS) is 12.6. The Kier molecular flexibility index (Phi) is 4.89. The van der Waals surface area contributed by atoms with Gasteiger partial charge >= 0.3 is 0 Å². The Morgan fingerprint density at radius 1 is 1.27 bits per heavy atom. The van der Waals surface area contributed by atoms with Crippen LogP contribution in [0, 0.1) is 13.8 Å². The maximum absolute atomic E-state index is 10.2. The number of aromatic nitrogens is 1. The lowest BCUT2D eigenvalue weighted by molar-refractivity contribution is 0.476. The molecule has 112 valence electrons. The fourth-order valence-electron chi connectivity index (χ4n) is 2.25. The van der Waals surface area contributed by atoms with E-state index in [0.717, 1.165) is 27.8 Å². The summed E-state index contributed by atoms with van der Waals surface area (Å²) in [5.74, 6) is 0.253. The summed E-state index contributed by atoms with van der Waals surface area (Å²) in [6.07, 6.45) is 9.31. The van der Waals surface area contributed by atoms with Crippen LogP contribution in [0.15, 0.2) is 53.2 Å². The van der Waals surface area contributed by atoms with E-state index in [2.05, 4.69) is 16.7 Å². The topological polar surface area (TPSA) is 45.5 Å². The van der Waals surface area contributed by atoms with Crippen molar-refractivity contribution in [3.8, 4) is 5.75 Å². The van der Waals surface area contributed by atoms with Crippen LogP contribution in [0.3, 0.4) is 0 Å². The third-order valence-electron chi connectivity index (χ3n) is 3.44. The standard InChI is InChI=1S/C19H20N2O/c1-13(6-5-11-20-4)7-8-16-9-10-17-14(2)12-15(3)19(22)18(17)21-16/h5-12,22H,4H2,1-3H3/b8-7+,11-5-,13-6+. The average Bonchev–Trinajstić information content (AvgIpc) is 2.51. The van der Waals surface area contributed by atoms with Crippen LogP contribution in [0.25, 0.3) is 17.0 Å². The van der Waals surface area contributed by atoms with Crippen molar-refractivity contribution in [1.29, 1.82) is 0 Å². The van der Waals surface area contributed by atoms with Gasteiger partial charge in [-0.25, -0.2) is 4.98 Å². The van der Waals surface area contributed by atoms with E-state index >= 15 is 0 Å². The first kappa shape index (κ1) is 15.7. The van der Waals surface area contributed by atoms with Crippen LogP contribution in [0.2, 0.25) is 0 Å². The van der Waals surface area contributed by atoms with E-state index < -0.39 is 0 Å². The Hall–Kier alpha value is -2.68. The minimum atomic E-state index is 0.253. The third-order valence-corrected chi connectivity index (χ3v) is 3.44. The third kappa shape index (κ3) is 3.50. The van der Waals surface area contributed by atoms with Gasteiger partial charge in [0.2, 0.25) is 0 Å². The van der Waals surface area contributed by atoms with Gasteiger partial charge in [0.15, 0.2) is 0 Å². The number of hydrogen-bond donors (Lipinski definition) is 1. The van der Waals surface area contributed by atoms with E-state index in [9.17, 15) is 5.11 Å². The second-order valence-electron chi connectivity index (χ2n) is 5.26. The summed E-state index contributed by atoms with van der Waals surface area (Å²) < 4.78 is 0. The fraction of sp³-hybridized carbons (Fsp3) is 0.158. The van der Waals surface area contributed by atoms with Gasteiger partial charge in [0, 0.05) is 11.6 Å². The molecule has 0 atom stereocenters. The molecular formula is C19H20N2O. The van der Waals surface area contributed by atoms with Crippen molar-refractivity contribution in [1.82, 2.24) is 4.98 Å². The summed E-state index contributed by atoms with van der Waals surface area (Å²) in [5.41, 5.74) is 4.50. The lowest BCUT2D eigenvalue weighted by Crippen LogP contribution is -1.89. The number of pyridine rings is 1. The molecule has 1 heterocycles. The van der Waals surface area contributed by atoms with Crippen molar-refractivity contribution < 1.29 is 5.11 Å². The summed E-state index contributed by atoms with van der Waals surface area (Å²) in [4.78, 5) is 8.20. The lowest BCUT2D eigenvalue weighted by Gasteiger charge is -2.07. The maximum Gasteiger partial charge on any atom is 0.144 e. The number of phenols is 1. The number of aliphatic imine (C=N–C) groups is 1. The summed E-state index contributed by atoms with van der Waals surface area (Å²) >= 11 is 0. The van der Waals surface area contributed by atoms with Crippen molar-refractivity contribution >= 4 is 23.7 Å². The predicted molar refractivity (Wildman–Crippen MR) is 94.4 cm³/mol. The first-order valence-electron chi connectivity index (χ1n) is 7.10. The molecule has 0 amide bonds. The van der Waals surface area contributed by atoms with Gasteiger partial charge in [-0.2, -0.15) is 0 Å². The molecule has 0 aliphatic rings. The average molecular weight is 292 g/mol. The Bertz CT molecular complexity index is 799. The van der Waals surface area contributed by atoms with E-state index in [1.54, 1.807) is 6.20 Å². The summed E-state index contributed by atoms with van der Waals surface area (Å²) in [7, 11) is 0. The number of aromatic hydroxyl groups is 1. The molecule has 1 aromatic heterocycles. The van der Waals surface area contributed by atoms with E-state index in [-0.39, 0.29) is 5.75 Å². The Morgan fingerprint density at radius 2 is 2.05 bits per heavy atom. The molecule has 0 unspecified atom stereocenters. The number of phenolic OH excluding ortho intramolecular Hbond substituents is 1. The number of aryl methyl sites for hydroxylation is 2. The molecule has 0 saturated heterocycles. The largest absolute Gasteiger partial charge is 0.505 e. The minimum absolute atomic E-state index is 0.253. The molecule has 0 saturated carbocycles. The summed E-state index contributed by atoms with van der Waals surface area (Å²) in [6.45, 7) is 9.30. The number of hydrogen-bond acceptors (Lipinski definition) is 3. The molecule has 0 spiro atoms. The SMILES string of the molecule is C=N\C=C/C=C(C)/C=C/c1ccc2c(C)cc(C)c(O)c2n1. The van der Waals surface area contributed by atoms with Crippen molar-refractivity contribution in [2.45, 2.75) is 20.8 Å². The molecule has 0 fully saturated rings. The monoisotopic (exact) mass is 292 g/mol. The zero-order chi connectivity index (χ0) is 16.1. The van der Waals surface area contributed by atoms with E-state index in [1.807, 2.05) is 63.3 Å². The van der Waals surface area contributed by atoms with Crippen LogP contribution in [0.4, 0.5) is 0 Å². The van der Waals surface area contributed by atoms with Gasteiger partial charge in [-0.1, -0.05) is 29.9 Å². The molecule has 3 nitrogen and oxygen atoms in total. The fourth-order valence-corrected chi connectivity index (χ4v) is 2.25. The molecule has 1 aromatic carbocycles. The molecule has 2 aromatic rings. The first-order chi connectivity index (χ1) is 10.5. The van der Waals surface area contributed by atoms with Crippen LogP contribution in [-0.4, -0.2) is 16.8 Å². The lowest BCUT2D eigenvalue weighted by atomic mass is 10.0. The number of rotatable bonds is 4. The Labute approximate surface area is 131 Å². The highest BCUT2D eigenvalue weighted by molar-refractivity contribution is 5.89. The second-order valence-corrected chi connectivity index (χ2v) is 5.26. The van der Waals surface area contributed by atoms with Crippen LogP contribution in [0.5, 0.6) is 5.75 Å². The zero-order valence-corrected chi connectivity index (χ0v) is 13.2. The molecule has 22 heavy (non-hydrogen) atoms. The second kappa shape index (κ2) is 6.85. The summed E-state index contributed by atoms with van der Waals surface area (Å²) in [6, 6.07) is 5.92. The highest BCUT2D eigenvalue weighted by atomic mass is 16.3. The Morgan fingerprint density at radius 3 is 2.77 bits per heavy atom. The molecule has 0 aliphatic carbocycles. The Balaban J connectivity index is 2.38. The van der Waals surface area contributed by atoms with Crippen molar-refractivity contribution in [3.63, 3.8) is 0 Å². The van der Waals surface area contributed by atoms with E-state index in [0.29, 0.717) is 5.52 Å². The number of benzene rings is 1. The van der Waals surface area contributed by atoms with Gasteiger partial charge in [0.05, 0.1) is 5.69 Å². The van der Waals surface area contributed by atoms with Crippen molar-refractivity contribution in [3.05, 3.63) is 65.0 Å². The van der Waals surface area contributed by atoms with Gasteiger partial charge in [0.25, 0.3) is 0 Å². The maximum atomic E-state index is 10.2. The minimum Gasteiger partial charge on any atom is -0.505 e. The van der Waals surface area contributed by atoms with Gasteiger partial charge in [-0.15, -0.1) is 0 Å². The molecule has 0 radical (unpaired) electrons. The van der Waals surface area contributed by atoms with E-state index in [4.69, 9.17) is 0 Å². The predicted octanol–water partition coefficient (Wildman–Crippen LogP) is 4.73. The van der Waals surface area contributed by atoms with Gasteiger partial charge in [-0.05, 0) is 56.8 Å². The van der Waals surface area contributed by atoms with Crippen molar-refractivity contribution in [2.24, 2.45) is 4.99 Å². The van der Waals surface area contributed by atoms with Gasteiger partial charge in [-0.3, -0.25) is 4.99 Å². The van der Waals surface area contributed by atoms with E-state index in [1.165, 1.54) is 0 Å². The number of allylic oxidation sites excluding steroid dienone is 4. The smallest absolute Gasteiger partial charge is 0.144 e. The highest BCUT2D eigenvalue weighted by Crippen LogP contribution is 2.29. The van der Waals surface area contributed by atoms with Crippen LogP contribution < -0.4 is 0 Å². The van der Waals surface area contributed by atoms with Crippen LogP contribution in [0.1, 0.15) is 23.7 Å². The number of nitrogens with zero attached hydrogens (tertiary/aromatic N) is 2. The first-order valence-corrected chi connectivity index (χ1v) is 7.10.